The maximum atomic E-state index is 12.5. The van der Waals surface area contributed by atoms with E-state index in [2.05, 4.69) is 20.1 Å². The number of furan rings is 1. The number of anilines is 1. The van der Waals surface area contributed by atoms with Crippen molar-refractivity contribution in [1.82, 2.24) is 14.8 Å². The molecule has 4 rings (SSSR count). The Morgan fingerprint density at radius 3 is 2.83 bits per heavy atom. The summed E-state index contributed by atoms with van der Waals surface area (Å²) in [4.78, 5) is 12.5. The van der Waals surface area contributed by atoms with Crippen LogP contribution in [0.1, 0.15) is 43.7 Å². The number of aromatic nitrogens is 3. The summed E-state index contributed by atoms with van der Waals surface area (Å²) in [6, 6.07) is 9.57. The summed E-state index contributed by atoms with van der Waals surface area (Å²) in [5.41, 5.74) is 1.59. The molecular weight excluding hydrogens is 408 g/mol. The molecule has 1 aliphatic rings. The first-order valence-corrected chi connectivity index (χ1v) is 11.2. The molecule has 6 nitrogen and oxygen atoms in total. The fourth-order valence-corrected chi connectivity index (χ4v) is 4.66. The lowest BCUT2D eigenvalue weighted by molar-refractivity contribution is -0.113. The maximum Gasteiger partial charge on any atom is 0.234 e. The van der Waals surface area contributed by atoms with Crippen LogP contribution in [0.5, 0.6) is 0 Å². The first-order chi connectivity index (χ1) is 14.1. The number of carbonyl (C=O) groups is 1. The van der Waals surface area contributed by atoms with Crippen molar-refractivity contribution in [2.45, 2.75) is 50.2 Å². The number of benzene rings is 1. The molecule has 1 amide bonds. The largest absolute Gasteiger partial charge is 0.461 e. The number of rotatable bonds is 6. The van der Waals surface area contributed by atoms with Gasteiger partial charge in [-0.15, -0.1) is 10.2 Å². The average Bonchev–Trinajstić information content (AvgIpc) is 3.40. The Morgan fingerprint density at radius 1 is 1.24 bits per heavy atom. The molecule has 1 aliphatic carbocycles. The Labute approximate surface area is 179 Å². The SMILES string of the molecule is Cc1c(Cl)cccc1NC(=O)CSc1nnc(-c2ccco2)n1C1CCCCC1. The molecule has 29 heavy (non-hydrogen) atoms. The molecule has 0 radical (unpaired) electrons. The van der Waals surface area contributed by atoms with E-state index in [-0.39, 0.29) is 11.7 Å². The Morgan fingerprint density at radius 2 is 2.07 bits per heavy atom. The molecular formula is C21H23ClN4O2S. The van der Waals surface area contributed by atoms with Gasteiger partial charge in [0.25, 0.3) is 0 Å². The Kier molecular flexibility index (Phi) is 6.25. The maximum absolute atomic E-state index is 12.5. The van der Waals surface area contributed by atoms with Crippen LogP contribution in [0.25, 0.3) is 11.6 Å². The molecule has 3 aromatic rings. The van der Waals surface area contributed by atoms with Crippen molar-refractivity contribution < 1.29 is 9.21 Å². The van der Waals surface area contributed by atoms with Crippen molar-refractivity contribution in [3.63, 3.8) is 0 Å². The number of nitrogens with zero attached hydrogens (tertiary/aromatic N) is 3. The third-order valence-electron chi connectivity index (χ3n) is 5.22. The van der Waals surface area contributed by atoms with Gasteiger partial charge in [-0.1, -0.05) is 48.7 Å². The minimum Gasteiger partial charge on any atom is -0.461 e. The molecule has 1 aromatic carbocycles. The molecule has 0 unspecified atom stereocenters. The van der Waals surface area contributed by atoms with Crippen LogP contribution in [0.2, 0.25) is 5.02 Å². The second kappa shape index (κ2) is 9.05. The summed E-state index contributed by atoms with van der Waals surface area (Å²) >= 11 is 7.54. The minimum absolute atomic E-state index is 0.0990. The molecule has 0 atom stereocenters. The first-order valence-electron chi connectivity index (χ1n) is 9.80. The van der Waals surface area contributed by atoms with Crippen LogP contribution >= 0.6 is 23.4 Å². The molecule has 0 bridgehead atoms. The standard InChI is InChI=1S/C21H23ClN4O2S/c1-14-16(22)9-5-10-17(14)23-19(27)13-29-21-25-24-20(18-11-6-12-28-18)26(21)15-7-3-2-4-8-15/h5-6,9-12,15H,2-4,7-8,13H2,1H3,(H,23,27). The van der Waals surface area contributed by atoms with Gasteiger partial charge >= 0.3 is 0 Å². The Bertz CT molecular complexity index is 981. The van der Waals surface area contributed by atoms with E-state index < -0.39 is 0 Å². The number of carbonyl (C=O) groups excluding carboxylic acids is 1. The van der Waals surface area contributed by atoms with Crippen LogP contribution in [-0.4, -0.2) is 26.4 Å². The zero-order valence-corrected chi connectivity index (χ0v) is 17.8. The molecule has 1 N–H and O–H groups in total. The molecule has 1 fully saturated rings. The molecule has 152 valence electrons. The Hall–Kier alpha value is -2.25. The van der Waals surface area contributed by atoms with Crippen LogP contribution in [-0.2, 0) is 4.79 Å². The number of amides is 1. The highest BCUT2D eigenvalue weighted by atomic mass is 35.5. The fourth-order valence-electron chi connectivity index (χ4n) is 3.68. The third kappa shape index (κ3) is 4.51. The number of halogens is 1. The quantitative estimate of drug-likeness (QED) is 0.505. The predicted molar refractivity (Wildman–Crippen MR) is 115 cm³/mol. The number of hydrogen-bond donors (Lipinski definition) is 1. The normalized spacial score (nSPS) is 14.8. The van der Waals surface area contributed by atoms with Gasteiger partial charge in [0.15, 0.2) is 10.9 Å². The van der Waals surface area contributed by atoms with Gasteiger partial charge in [-0.2, -0.15) is 0 Å². The highest BCUT2D eigenvalue weighted by Crippen LogP contribution is 2.35. The lowest BCUT2D eigenvalue weighted by Crippen LogP contribution is -2.17. The molecule has 0 aliphatic heterocycles. The van der Waals surface area contributed by atoms with Crippen LogP contribution < -0.4 is 5.32 Å². The van der Waals surface area contributed by atoms with Gasteiger partial charge in [-0.25, -0.2) is 0 Å². The van der Waals surface area contributed by atoms with E-state index in [1.54, 1.807) is 6.26 Å². The fraction of sp³-hybridized carbons (Fsp3) is 0.381. The zero-order chi connectivity index (χ0) is 20.2. The predicted octanol–water partition coefficient (Wildman–Crippen LogP) is 5.74. The van der Waals surface area contributed by atoms with E-state index in [1.807, 2.05) is 37.3 Å². The highest BCUT2D eigenvalue weighted by molar-refractivity contribution is 7.99. The smallest absolute Gasteiger partial charge is 0.234 e. The Balaban J connectivity index is 1.51. The monoisotopic (exact) mass is 430 g/mol. The summed E-state index contributed by atoms with van der Waals surface area (Å²) in [5.74, 6) is 1.58. The average molecular weight is 431 g/mol. The molecule has 0 saturated heterocycles. The van der Waals surface area contributed by atoms with Crippen molar-refractivity contribution in [3.05, 3.63) is 47.2 Å². The topological polar surface area (TPSA) is 73.0 Å². The van der Waals surface area contributed by atoms with Gasteiger partial charge in [-0.05, 0) is 49.6 Å². The number of nitrogens with one attached hydrogen (secondary N) is 1. The molecule has 1 saturated carbocycles. The van der Waals surface area contributed by atoms with Crippen molar-refractivity contribution in [3.8, 4) is 11.6 Å². The van der Waals surface area contributed by atoms with Gasteiger partial charge in [-0.3, -0.25) is 9.36 Å². The van der Waals surface area contributed by atoms with Crippen LogP contribution in [0.4, 0.5) is 5.69 Å². The number of hydrogen-bond acceptors (Lipinski definition) is 5. The van der Waals surface area contributed by atoms with Crippen LogP contribution in [0.15, 0.2) is 46.2 Å². The van der Waals surface area contributed by atoms with E-state index in [1.165, 1.54) is 31.0 Å². The van der Waals surface area contributed by atoms with E-state index >= 15 is 0 Å². The summed E-state index contributed by atoms with van der Waals surface area (Å²) in [7, 11) is 0. The van der Waals surface area contributed by atoms with Crippen molar-refractivity contribution in [2.75, 3.05) is 11.1 Å². The second-order valence-electron chi connectivity index (χ2n) is 7.19. The first kappa shape index (κ1) is 20.0. The third-order valence-corrected chi connectivity index (χ3v) is 6.57. The highest BCUT2D eigenvalue weighted by Gasteiger charge is 2.25. The van der Waals surface area contributed by atoms with Crippen LogP contribution in [0, 0.1) is 6.92 Å². The van der Waals surface area contributed by atoms with Gasteiger partial charge < -0.3 is 9.73 Å². The van der Waals surface area contributed by atoms with Crippen molar-refractivity contribution in [2.24, 2.45) is 0 Å². The van der Waals surface area contributed by atoms with Gasteiger partial charge in [0.2, 0.25) is 11.7 Å². The second-order valence-corrected chi connectivity index (χ2v) is 8.54. The summed E-state index contributed by atoms with van der Waals surface area (Å²) in [6.07, 6.45) is 7.47. The van der Waals surface area contributed by atoms with E-state index in [0.29, 0.717) is 16.8 Å². The van der Waals surface area contributed by atoms with Gasteiger partial charge in [0, 0.05) is 16.8 Å². The summed E-state index contributed by atoms with van der Waals surface area (Å²) in [6.45, 7) is 1.89. The van der Waals surface area contributed by atoms with Gasteiger partial charge in [0.1, 0.15) is 0 Å². The van der Waals surface area contributed by atoms with Gasteiger partial charge in [0.05, 0.1) is 12.0 Å². The molecule has 2 aromatic heterocycles. The lowest BCUT2D eigenvalue weighted by atomic mass is 9.95. The molecule has 0 spiro atoms. The van der Waals surface area contributed by atoms with Crippen molar-refractivity contribution >= 4 is 35.0 Å². The lowest BCUT2D eigenvalue weighted by Gasteiger charge is -2.25. The molecule has 2 heterocycles. The van der Waals surface area contributed by atoms with E-state index in [9.17, 15) is 4.79 Å². The number of thioether (sulfide) groups is 1. The minimum atomic E-state index is -0.0990. The molecule has 8 heteroatoms. The van der Waals surface area contributed by atoms with E-state index in [4.69, 9.17) is 16.0 Å². The van der Waals surface area contributed by atoms with Crippen molar-refractivity contribution in [1.29, 1.82) is 0 Å². The summed E-state index contributed by atoms with van der Waals surface area (Å²) < 4.78 is 7.72. The summed E-state index contributed by atoms with van der Waals surface area (Å²) in [5, 5.41) is 13.1. The van der Waals surface area contributed by atoms with E-state index in [0.717, 1.165) is 35.1 Å². The van der Waals surface area contributed by atoms with Crippen LogP contribution in [0.3, 0.4) is 0 Å². The zero-order valence-electron chi connectivity index (χ0n) is 16.2.